The molecule has 1 aromatic carbocycles. The van der Waals surface area contributed by atoms with Gasteiger partial charge in [0.25, 0.3) is 0 Å². The molecule has 0 saturated carbocycles. The molecule has 92 valence electrons. The van der Waals surface area contributed by atoms with Gasteiger partial charge in [0, 0.05) is 6.07 Å². The summed E-state index contributed by atoms with van der Waals surface area (Å²) < 4.78 is 18.0. The van der Waals surface area contributed by atoms with Crippen molar-refractivity contribution in [2.24, 2.45) is 0 Å². The van der Waals surface area contributed by atoms with Crippen molar-refractivity contribution in [3.8, 4) is 11.5 Å². The SMILES string of the molecule is Nc1ncc(Oc2ccc(F)cc2)cc1C(=O)O. The standard InChI is InChI=1S/C12H9FN2O3/c13-7-1-3-8(4-2-7)18-9-5-10(12(16)17)11(14)15-6-9/h1-6H,(H2,14,15)(H,16,17). The molecule has 0 aliphatic carbocycles. The van der Waals surface area contributed by atoms with Gasteiger partial charge in [0.15, 0.2) is 0 Å². The molecule has 6 heteroatoms. The van der Waals surface area contributed by atoms with Crippen molar-refractivity contribution in [1.82, 2.24) is 4.98 Å². The lowest BCUT2D eigenvalue weighted by molar-refractivity contribution is 0.0697. The van der Waals surface area contributed by atoms with Crippen LogP contribution >= 0.6 is 0 Å². The van der Waals surface area contributed by atoms with Gasteiger partial charge in [-0.25, -0.2) is 14.2 Å². The van der Waals surface area contributed by atoms with Gasteiger partial charge in [-0.3, -0.25) is 0 Å². The molecule has 0 amide bonds. The monoisotopic (exact) mass is 248 g/mol. The fraction of sp³-hybridized carbons (Fsp3) is 0. The molecule has 0 spiro atoms. The number of rotatable bonds is 3. The molecule has 5 nitrogen and oxygen atoms in total. The number of nitrogens with two attached hydrogens (primary N) is 1. The van der Waals surface area contributed by atoms with Crippen molar-refractivity contribution in [3.63, 3.8) is 0 Å². The Kier molecular flexibility index (Phi) is 3.09. The van der Waals surface area contributed by atoms with Crippen molar-refractivity contribution in [2.45, 2.75) is 0 Å². The summed E-state index contributed by atoms with van der Waals surface area (Å²) in [6.45, 7) is 0. The number of ether oxygens (including phenoxy) is 1. The number of nitrogen functional groups attached to an aromatic ring is 1. The van der Waals surface area contributed by atoms with Gasteiger partial charge in [0.05, 0.1) is 6.20 Å². The number of anilines is 1. The van der Waals surface area contributed by atoms with E-state index in [1.165, 1.54) is 36.5 Å². The summed E-state index contributed by atoms with van der Waals surface area (Å²) in [6, 6.07) is 6.57. The molecular weight excluding hydrogens is 239 g/mol. The van der Waals surface area contributed by atoms with Crippen LogP contribution in [0.3, 0.4) is 0 Å². The van der Waals surface area contributed by atoms with Crippen molar-refractivity contribution < 1.29 is 19.0 Å². The van der Waals surface area contributed by atoms with E-state index in [0.717, 1.165) is 0 Å². The van der Waals surface area contributed by atoms with E-state index in [0.29, 0.717) is 5.75 Å². The molecule has 1 aromatic heterocycles. The summed E-state index contributed by atoms with van der Waals surface area (Å²) in [6.07, 6.45) is 1.30. The highest BCUT2D eigenvalue weighted by Crippen LogP contribution is 2.23. The van der Waals surface area contributed by atoms with E-state index >= 15 is 0 Å². The highest BCUT2D eigenvalue weighted by atomic mass is 19.1. The van der Waals surface area contributed by atoms with Gasteiger partial charge in [-0.15, -0.1) is 0 Å². The van der Waals surface area contributed by atoms with E-state index in [1.54, 1.807) is 0 Å². The minimum absolute atomic E-state index is 0.0889. The molecule has 0 atom stereocenters. The first-order valence-electron chi connectivity index (χ1n) is 4.98. The number of benzene rings is 1. The first-order chi connectivity index (χ1) is 8.56. The Morgan fingerprint density at radius 1 is 1.28 bits per heavy atom. The average molecular weight is 248 g/mol. The molecule has 0 fully saturated rings. The molecule has 0 unspecified atom stereocenters. The Morgan fingerprint density at radius 2 is 1.94 bits per heavy atom. The maximum Gasteiger partial charge on any atom is 0.339 e. The number of aromatic carboxylic acids is 1. The lowest BCUT2D eigenvalue weighted by atomic mass is 10.2. The zero-order chi connectivity index (χ0) is 13.1. The second-order valence-corrected chi connectivity index (χ2v) is 3.46. The van der Waals surface area contributed by atoms with Crippen LogP contribution in [0.5, 0.6) is 11.5 Å². The quantitative estimate of drug-likeness (QED) is 0.870. The Morgan fingerprint density at radius 3 is 2.56 bits per heavy atom. The zero-order valence-electron chi connectivity index (χ0n) is 9.13. The van der Waals surface area contributed by atoms with Crippen LogP contribution in [0.2, 0.25) is 0 Å². The number of nitrogens with zero attached hydrogens (tertiary/aromatic N) is 1. The van der Waals surface area contributed by atoms with E-state index in [2.05, 4.69) is 4.98 Å². The van der Waals surface area contributed by atoms with E-state index in [-0.39, 0.29) is 22.9 Å². The third-order valence-corrected chi connectivity index (χ3v) is 2.17. The van der Waals surface area contributed by atoms with Gasteiger partial charge in [0.2, 0.25) is 0 Å². The lowest BCUT2D eigenvalue weighted by Crippen LogP contribution is -2.04. The maximum atomic E-state index is 12.7. The second kappa shape index (κ2) is 4.70. The predicted molar refractivity (Wildman–Crippen MR) is 62.1 cm³/mol. The number of pyridine rings is 1. The van der Waals surface area contributed by atoms with E-state index in [9.17, 15) is 9.18 Å². The summed E-state index contributed by atoms with van der Waals surface area (Å²) in [5.74, 6) is -1.07. The Hall–Kier alpha value is -2.63. The Labute approximate surface area is 102 Å². The summed E-state index contributed by atoms with van der Waals surface area (Å²) in [5, 5.41) is 8.87. The number of carbonyl (C=O) groups is 1. The molecule has 1 heterocycles. The van der Waals surface area contributed by atoms with Gasteiger partial charge in [-0.05, 0) is 24.3 Å². The molecule has 2 aromatic rings. The molecule has 0 aliphatic rings. The zero-order valence-corrected chi connectivity index (χ0v) is 9.13. The summed E-state index contributed by atoms with van der Waals surface area (Å²) in [4.78, 5) is 14.6. The largest absolute Gasteiger partial charge is 0.478 e. The van der Waals surface area contributed by atoms with Crippen LogP contribution in [0.15, 0.2) is 36.5 Å². The second-order valence-electron chi connectivity index (χ2n) is 3.46. The highest BCUT2D eigenvalue weighted by molar-refractivity contribution is 5.92. The van der Waals surface area contributed by atoms with Gasteiger partial charge in [0.1, 0.15) is 28.7 Å². The first kappa shape index (κ1) is 11.8. The number of hydrogen-bond acceptors (Lipinski definition) is 4. The van der Waals surface area contributed by atoms with Crippen LogP contribution < -0.4 is 10.5 Å². The van der Waals surface area contributed by atoms with Gasteiger partial charge >= 0.3 is 5.97 Å². The molecule has 2 rings (SSSR count). The summed E-state index contributed by atoms with van der Waals surface area (Å²) in [7, 11) is 0. The van der Waals surface area contributed by atoms with E-state index in [1.807, 2.05) is 0 Å². The topological polar surface area (TPSA) is 85.4 Å². The molecule has 3 N–H and O–H groups in total. The Bertz CT molecular complexity index is 584. The van der Waals surface area contributed by atoms with Crippen molar-refractivity contribution in [1.29, 1.82) is 0 Å². The fourth-order valence-corrected chi connectivity index (χ4v) is 1.32. The van der Waals surface area contributed by atoms with E-state index < -0.39 is 5.97 Å². The first-order valence-corrected chi connectivity index (χ1v) is 4.98. The smallest absolute Gasteiger partial charge is 0.339 e. The van der Waals surface area contributed by atoms with Gasteiger partial charge in [-0.1, -0.05) is 0 Å². The molecule has 0 radical (unpaired) electrons. The maximum absolute atomic E-state index is 12.7. The molecule has 0 aliphatic heterocycles. The number of hydrogen-bond donors (Lipinski definition) is 2. The van der Waals surface area contributed by atoms with Gasteiger partial charge < -0.3 is 15.6 Å². The number of carboxylic acid groups (broad SMARTS) is 1. The van der Waals surface area contributed by atoms with Crippen molar-refractivity contribution in [2.75, 3.05) is 5.73 Å². The van der Waals surface area contributed by atoms with Crippen LogP contribution in [-0.2, 0) is 0 Å². The molecule has 0 saturated heterocycles. The van der Waals surface area contributed by atoms with Crippen LogP contribution in [0, 0.1) is 5.82 Å². The number of carboxylic acids is 1. The van der Waals surface area contributed by atoms with Crippen molar-refractivity contribution >= 4 is 11.8 Å². The minimum Gasteiger partial charge on any atom is -0.478 e. The normalized spacial score (nSPS) is 10.1. The summed E-state index contributed by atoms with van der Waals surface area (Å²) >= 11 is 0. The number of halogens is 1. The molecular formula is C12H9FN2O3. The predicted octanol–water partition coefficient (Wildman–Crippen LogP) is 2.29. The Balaban J connectivity index is 2.27. The van der Waals surface area contributed by atoms with Crippen molar-refractivity contribution in [3.05, 3.63) is 47.9 Å². The number of aromatic nitrogens is 1. The van der Waals surface area contributed by atoms with Gasteiger partial charge in [-0.2, -0.15) is 0 Å². The highest BCUT2D eigenvalue weighted by Gasteiger charge is 2.11. The van der Waals surface area contributed by atoms with Crippen LogP contribution in [0.25, 0.3) is 0 Å². The van der Waals surface area contributed by atoms with Crippen LogP contribution in [-0.4, -0.2) is 16.1 Å². The lowest BCUT2D eigenvalue weighted by Gasteiger charge is -2.07. The molecule has 0 bridgehead atoms. The molecule has 18 heavy (non-hydrogen) atoms. The van der Waals surface area contributed by atoms with E-state index in [4.69, 9.17) is 15.6 Å². The third kappa shape index (κ3) is 2.54. The average Bonchev–Trinajstić information content (AvgIpc) is 2.34. The van der Waals surface area contributed by atoms with Crippen LogP contribution in [0.1, 0.15) is 10.4 Å². The summed E-state index contributed by atoms with van der Waals surface area (Å²) in [5.41, 5.74) is 5.26. The fourth-order valence-electron chi connectivity index (χ4n) is 1.32. The minimum atomic E-state index is -1.19. The van der Waals surface area contributed by atoms with Crippen LogP contribution in [0.4, 0.5) is 10.2 Å². The third-order valence-electron chi connectivity index (χ3n) is 2.17.